The fraction of sp³-hybridized carbons (Fsp3) is 0.333. The first-order chi connectivity index (χ1) is 19.7. The minimum absolute atomic E-state index is 0.0953. The van der Waals surface area contributed by atoms with Gasteiger partial charge in [-0.25, -0.2) is 4.98 Å². The number of para-hydroxylation sites is 3. The molecule has 0 unspecified atom stereocenters. The van der Waals surface area contributed by atoms with Gasteiger partial charge in [-0.05, 0) is 36.6 Å². The van der Waals surface area contributed by atoms with Crippen molar-refractivity contribution in [3.8, 4) is 17.2 Å². The smallest absolute Gasteiger partial charge is 0.311 e. The van der Waals surface area contributed by atoms with Crippen LogP contribution in [0.3, 0.4) is 0 Å². The number of carbonyl (C=O) groups is 1. The maximum atomic E-state index is 13.7. The Morgan fingerprint density at radius 2 is 1.76 bits per heavy atom. The predicted molar refractivity (Wildman–Crippen MR) is 158 cm³/mol. The zero-order valence-corrected chi connectivity index (χ0v) is 24.5. The molecule has 0 bridgehead atoms. The van der Waals surface area contributed by atoms with Gasteiger partial charge in [-0.15, -0.1) is 0 Å². The van der Waals surface area contributed by atoms with Crippen molar-refractivity contribution in [1.82, 2.24) is 9.55 Å². The number of imidazole rings is 1. The normalized spacial score (nSPS) is 11.1. The van der Waals surface area contributed by atoms with Crippen LogP contribution in [0.4, 0.5) is 11.4 Å². The van der Waals surface area contributed by atoms with Gasteiger partial charge in [0, 0.05) is 18.1 Å². The van der Waals surface area contributed by atoms with Crippen LogP contribution in [0.15, 0.2) is 54.6 Å². The summed E-state index contributed by atoms with van der Waals surface area (Å²) in [4.78, 5) is 31.4. The molecule has 41 heavy (non-hydrogen) atoms. The lowest BCUT2D eigenvalue weighted by Crippen LogP contribution is -2.32. The number of carbonyl (C=O) groups excluding carboxylic acids is 1. The van der Waals surface area contributed by atoms with Gasteiger partial charge >= 0.3 is 5.69 Å². The molecule has 0 aliphatic rings. The Bertz CT molecular complexity index is 1570. The molecule has 11 heteroatoms. The van der Waals surface area contributed by atoms with E-state index in [1.165, 1.54) is 27.4 Å². The van der Waals surface area contributed by atoms with Crippen molar-refractivity contribution < 1.29 is 23.9 Å². The molecule has 10 nitrogen and oxygen atoms in total. The Labute approximate surface area is 243 Å². The molecule has 1 aromatic heterocycles. The Hall–Kier alpha value is -4.31. The third-order valence-corrected chi connectivity index (χ3v) is 7.20. The lowest BCUT2D eigenvalue weighted by atomic mass is 10.1. The molecule has 0 radical (unpaired) electrons. The van der Waals surface area contributed by atoms with Gasteiger partial charge in [0.1, 0.15) is 10.8 Å². The average molecular weight is 581 g/mol. The molecule has 0 atom stereocenters. The van der Waals surface area contributed by atoms with E-state index in [1.807, 2.05) is 28.8 Å². The second-order valence-electron chi connectivity index (χ2n) is 9.88. The van der Waals surface area contributed by atoms with E-state index in [0.717, 1.165) is 11.0 Å². The van der Waals surface area contributed by atoms with E-state index in [1.54, 1.807) is 29.2 Å². The lowest BCUT2D eigenvalue weighted by molar-refractivity contribution is -0.385. The van der Waals surface area contributed by atoms with Crippen LogP contribution in [-0.4, -0.2) is 41.7 Å². The number of anilines is 1. The van der Waals surface area contributed by atoms with Gasteiger partial charge in [-0.1, -0.05) is 49.7 Å². The monoisotopic (exact) mass is 580 g/mol. The van der Waals surface area contributed by atoms with E-state index < -0.39 is 4.92 Å². The van der Waals surface area contributed by atoms with Crippen molar-refractivity contribution in [2.75, 3.05) is 26.2 Å². The van der Waals surface area contributed by atoms with Crippen LogP contribution in [0.1, 0.15) is 38.1 Å². The van der Waals surface area contributed by atoms with Crippen molar-refractivity contribution >= 4 is 39.9 Å². The topological polar surface area (TPSA) is 109 Å². The largest absolute Gasteiger partial charge is 0.493 e. The number of benzene rings is 3. The van der Waals surface area contributed by atoms with E-state index >= 15 is 0 Å². The highest BCUT2D eigenvalue weighted by Gasteiger charge is 2.26. The molecule has 0 saturated heterocycles. The minimum Gasteiger partial charge on any atom is -0.493 e. The summed E-state index contributed by atoms with van der Waals surface area (Å²) in [6, 6.07) is 15.8. The first-order valence-corrected chi connectivity index (χ1v) is 13.5. The predicted octanol–water partition coefficient (Wildman–Crippen LogP) is 6.64. The summed E-state index contributed by atoms with van der Waals surface area (Å²) in [5.41, 5.74) is 2.47. The Kier molecular flexibility index (Phi) is 9.34. The molecule has 3 aromatic carbocycles. The van der Waals surface area contributed by atoms with Crippen LogP contribution in [-0.2, 0) is 17.9 Å². The molecule has 1 amide bonds. The van der Waals surface area contributed by atoms with Gasteiger partial charge in [-0.2, -0.15) is 0 Å². The number of halogens is 1. The molecule has 4 rings (SSSR count). The number of nitrogens with zero attached hydrogens (tertiary/aromatic N) is 4. The molecule has 0 fully saturated rings. The maximum absolute atomic E-state index is 13.7. The van der Waals surface area contributed by atoms with E-state index in [4.69, 9.17) is 30.8 Å². The molecular weight excluding hydrogens is 548 g/mol. The maximum Gasteiger partial charge on any atom is 0.311 e. The Morgan fingerprint density at radius 3 is 2.41 bits per heavy atom. The fourth-order valence-electron chi connectivity index (χ4n) is 4.75. The summed E-state index contributed by atoms with van der Waals surface area (Å²) in [5, 5.41) is 11.9. The van der Waals surface area contributed by atoms with Gasteiger partial charge in [0.2, 0.25) is 11.7 Å². The first-order valence-electron chi connectivity index (χ1n) is 13.1. The minimum atomic E-state index is -0.469. The van der Waals surface area contributed by atoms with Crippen LogP contribution < -0.4 is 19.1 Å². The van der Waals surface area contributed by atoms with Crippen molar-refractivity contribution in [2.24, 2.45) is 5.92 Å². The summed E-state index contributed by atoms with van der Waals surface area (Å²) in [7, 11) is 4.42. The quantitative estimate of drug-likeness (QED) is 0.136. The zero-order valence-electron chi connectivity index (χ0n) is 23.7. The van der Waals surface area contributed by atoms with Gasteiger partial charge in [0.25, 0.3) is 0 Å². The Balaban J connectivity index is 1.85. The molecule has 0 aliphatic carbocycles. The van der Waals surface area contributed by atoms with Crippen LogP contribution in [0.25, 0.3) is 11.0 Å². The fourth-order valence-corrected chi connectivity index (χ4v) is 5.09. The molecule has 0 aliphatic heterocycles. The first kappa shape index (κ1) is 29.7. The third kappa shape index (κ3) is 6.22. The third-order valence-electron chi connectivity index (χ3n) is 6.83. The Morgan fingerprint density at radius 1 is 1.02 bits per heavy atom. The molecule has 0 spiro atoms. The molecule has 0 saturated carbocycles. The van der Waals surface area contributed by atoms with Gasteiger partial charge in [-0.3, -0.25) is 14.9 Å². The number of fused-ring (bicyclic) bond motifs is 1. The molecular formula is C30H33ClN4O6. The van der Waals surface area contributed by atoms with Crippen molar-refractivity contribution in [1.29, 1.82) is 0 Å². The average Bonchev–Trinajstić information content (AvgIpc) is 3.31. The molecule has 1 heterocycles. The van der Waals surface area contributed by atoms with Gasteiger partial charge in [0.15, 0.2) is 11.5 Å². The van der Waals surface area contributed by atoms with Crippen molar-refractivity contribution in [2.45, 2.75) is 39.8 Å². The summed E-state index contributed by atoms with van der Waals surface area (Å²) >= 11 is 6.79. The lowest BCUT2D eigenvalue weighted by Gasteiger charge is -2.26. The van der Waals surface area contributed by atoms with Crippen LogP contribution in [0.2, 0.25) is 5.02 Å². The zero-order chi connectivity index (χ0) is 29.7. The standard InChI is InChI=1S/C30H33ClN4O6/c1-19(2)13-16-27(36)34(23-14-15-25(39-3)30(41-5)28(23)31)18-26-32-21-10-6-7-11-22(21)33(26)17-20-9-8-12-24(35(37)38)29(20)40-4/h6-12,14-15,19H,13,16-18H2,1-5H3. The summed E-state index contributed by atoms with van der Waals surface area (Å²) in [6.07, 6.45) is 1.00. The molecule has 216 valence electrons. The molecule has 4 aromatic rings. The van der Waals surface area contributed by atoms with Crippen molar-refractivity contribution in [3.05, 3.63) is 81.1 Å². The van der Waals surface area contributed by atoms with Crippen LogP contribution in [0, 0.1) is 16.0 Å². The number of ether oxygens (including phenoxy) is 3. The van der Waals surface area contributed by atoms with Crippen LogP contribution in [0.5, 0.6) is 17.2 Å². The number of nitro benzene ring substituents is 1. The van der Waals surface area contributed by atoms with E-state index in [9.17, 15) is 14.9 Å². The highest BCUT2D eigenvalue weighted by molar-refractivity contribution is 6.35. The number of methoxy groups -OCH3 is 3. The number of hydrogen-bond acceptors (Lipinski definition) is 7. The summed E-state index contributed by atoms with van der Waals surface area (Å²) < 4.78 is 18.3. The van der Waals surface area contributed by atoms with Crippen molar-refractivity contribution in [3.63, 3.8) is 0 Å². The van der Waals surface area contributed by atoms with Gasteiger partial charge < -0.3 is 23.7 Å². The van der Waals surface area contributed by atoms with Crippen LogP contribution >= 0.6 is 11.6 Å². The summed E-state index contributed by atoms with van der Waals surface area (Å²) in [6.45, 7) is 4.45. The second kappa shape index (κ2) is 12.9. The van der Waals surface area contributed by atoms with E-state index in [2.05, 4.69) is 13.8 Å². The second-order valence-corrected chi connectivity index (χ2v) is 10.3. The molecule has 0 N–H and O–H groups in total. The van der Waals surface area contributed by atoms with E-state index in [0.29, 0.717) is 47.3 Å². The number of amides is 1. The number of hydrogen-bond donors (Lipinski definition) is 0. The summed E-state index contributed by atoms with van der Waals surface area (Å²) in [5.74, 6) is 1.72. The van der Waals surface area contributed by atoms with Gasteiger partial charge in [0.05, 0.1) is 56.1 Å². The number of nitro groups is 1. The highest BCUT2D eigenvalue weighted by atomic mass is 35.5. The number of rotatable bonds is 12. The van der Waals surface area contributed by atoms with E-state index in [-0.39, 0.29) is 35.5 Å². The number of aromatic nitrogens is 2. The SMILES string of the molecule is COc1ccc(N(Cc2nc3ccccc3n2Cc2cccc([N+](=O)[O-])c2OC)C(=O)CCC(C)C)c(Cl)c1OC. The highest BCUT2D eigenvalue weighted by Crippen LogP contribution is 2.42.